The molecule has 2 aromatic carbocycles. The fourth-order valence-corrected chi connectivity index (χ4v) is 3.04. The highest BCUT2D eigenvalue weighted by Crippen LogP contribution is 2.32. The molecule has 1 aliphatic heterocycles. The second-order valence-electron chi connectivity index (χ2n) is 6.95. The van der Waals surface area contributed by atoms with Crippen molar-refractivity contribution < 1.29 is 23.8 Å². The fourth-order valence-electron chi connectivity index (χ4n) is 3.04. The summed E-state index contributed by atoms with van der Waals surface area (Å²) in [5.41, 5.74) is 2.22. The summed E-state index contributed by atoms with van der Waals surface area (Å²) in [5, 5.41) is 5.75. The Labute approximate surface area is 176 Å². The number of hydrogen-bond donors (Lipinski definition) is 2. The van der Waals surface area contributed by atoms with Gasteiger partial charge in [0.1, 0.15) is 0 Å². The molecule has 0 fully saturated rings. The SMILES string of the molecule is CCOCCCNC(=O)c1cc(NC(=O)c2ccc3c(c2)OCO3)ccc1N(C)C. The Bertz CT molecular complexity index is 914. The van der Waals surface area contributed by atoms with Crippen LogP contribution in [0.3, 0.4) is 0 Å². The summed E-state index contributed by atoms with van der Waals surface area (Å²) in [6.45, 7) is 3.85. The van der Waals surface area contributed by atoms with Crippen LogP contribution in [0, 0.1) is 0 Å². The summed E-state index contributed by atoms with van der Waals surface area (Å²) < 4.78 is 15.9. The molecule has 3 rings (SSSR count). The average molecular weight is 413 g/mol. The maximum absolute atomic E-state index is 12.7. The van der Waals surface area contributed by atoms with E-state index in [0.29, 0.717) is 48.1 Å². The maximum atomic E-state index is 12.7. The van der Waals surface area contributed by atoms with Gasteiger partial charge in [-0.3, -0.25) is 9.59 Å². The topological polar surface area (TPSA) is 89.1 Å². The van der Waals surface area contributed by atoms with Gasteiger partial charge in [-0.2, -0.15) is 0 Å². The largest absolute Gasteiger partial charge is 0.454 e. The van der Waals surface area contributed by atoms with Gasteiger partial charge in [-0.1, -0.05) is 0 Å². The van der Waals surface area contributed by atoms with E-state index >= 15 is 0 Å². The van der Waals surface area contributed by atoms with Crippen molar-refractivity contribution in [3.63, 3.8) is 0 Å². The lowest BCUT2D eigenvalue weighted by Gasteiger charge is -2.18. The highest BCUT2D eigenvalue weighted by atomic mass is 16.7. The van der Waals surface area contributed by atoms with Gasteiger partial charge in [-0.05, 0) is 49.7 Å². The van der Waals surface area contributed by atoms with Gasteiger partial charge in [0, 0.05) is 50.8 Å². The number of carbonyl (C=O) groups is 2. The van der Waals surface area contributed by atoms with Crippen molar-refractivity contribution in [3.05, 3.63) is 47.5 Å². The van der Waals surface area contributed by atoms with Crippen molar-refractivity contribution in [1.29, 1.82) is 0 Å². The predicted molar refractivity (Wildman–Crippen MR) is 115 cm³/mol. The molecule has 8 heteroatoms. The molecule has 2 N–H and O–H groups in total. The number of fused-ring (bicyclic) bond motifs is 1. The van der Waals surface area contributed by atoms with Gasteiger partial charge >= 0.3 is 0 Å². The molecule has 0 atom stereocenters. The van der Waals surface area contributed by atoms with Crippen molar-refractivity contribution in [2.24, 2.45) is 0 Å². The zero-order valence-corrected chi connectivity index (χ0v) is 17.5. The molecule has 0 saturated heterocycles. The third-order valence-electron chi connectivity index (χ3n) is 4.57. The van der Waals surface area contributed by atoms with Gasteiger partial charge in [0.15, 0.2) is 11.5 Å². The lowest BCUT2D eigenvalue weighted by atomic mass is 10.1. The monoisotopic (exact) mass is 413 g/mol. The minimum atomic E-state index is -0.297. The quantitative estimate of drug-likeness (QED) is 0.615. The number of amides is 2. The van der Waals surface area contributed by atoms with Crippen molar-refractivity contribution in [3.8, 4) is 11.5 Å². The molecule has 1 aliphatic rings. The Morgan fingerprint density at radius 2 is 1.87 bits per heavy atom. The number of ether oxygens (including phenoxy) is 3. The standard InChI is InChI=1S/C22H27N3O5/c1-4-28-11-5-10-23-22(27)17-13-16(7-8-18(17)25(2)3)24-21(26)15-6-9-19-20(12-15)30-14-29-19/h6-9,12-13H,4-5,10-11,14H2,1-3H3,(H,23,27)(H,24,26). The van der Waals surface area contributed by atoms with Crippen LogP contribution in [0.2, 0.25) is 0 Å². The van der Waals surface area contributed by atoms with E-state index in [9.17, 15) is 9.59 Å². The molecule has 1 heterocycles. The number of carbonyl (C=O) groups excluding carboxylic acids is 2. The molecule has 2 aromatic rings. The highest BCUT2D eigenvalue weighted by molar-refractivity contribution is 6.06. The van der Waals surface area contributed by atoms with Crippen LogP contribution < -0.4 is 25.0 Å². The molecule has 8 nitrogen and oxygen atoms in total. The Morgan fingerprint density at radius 3 is 2.63 bits per heavy atom. The third kappa shape index (κ3) is 5.21. The van der Waals surface area contributed by atoms with Gasteiger partial charge in [0.05, 0.1) is 5.56 Å². The molecule has 0 unspecified atom stereocenters. The number of benzene rings is 2. The second-order valence-corrected chi connectivity index (χ2v) is 6.95. The van der Waals surface area contributed by atoms with E-state index in [1.165, 1.54) is 0 Å². The number of hydrogen-bond acceptors (Lipinski definition) is 6. The van der Waals surface area contributed by atoms with E-state index in [1.54, 1.807) is 30.3 Å². The number of nitrogens with one attached hydrogen (secondary N) is 2. The molecule has 160 valence electrons. The number of anilines is 2. The van der Waals surface area contributed by atoms with Crippen LogP contribution in [0.5, 0.6) is 11.5 Å². The van der Waals surface area contributed by atoms with Crippen molar-refractivity contribution in [1.82, 2.24) is 5.32 Å². The Balaban J connectivity index is 1.71. The molecular formula is C22H27N3O5. The second kappa shape index (κ2) is 9.98. The first-order valence-electron chi connectivity index (χ1n) is 9.88. The average Bonchev–Trinajstić information content (AvgIpc) is 3.21. The minimum Gasteiger partial charge on any atom is -0.454 e. The first-order valence-corrected chi connectivity index (χ1v) is 9.88. The number of nitrogens with zero attached hydrogens (tertiary/aromatic N) is 1. The summed E-state index contributed by atoms with van der Waals surface area (Å²) in [7, 11) is 3.73. The fraction of sp³-hybridized carbons (Fsp3) is 0.364. The summed E-state index contributed by atoms with van der Waals surface area (Å²) in [6.07, 6.45) is 0.734. The Morgan fingerprint density at radius 1 is 1.07 bits per heavy atom. The van der Waals surface area contributed by atoms with E-state index in [1.807, 2.05) is 32.0 Å². The van der Waals surface area contributed by atoms with Crippen LogP contribution >= 0.6 is 0 Å². The van der Waals surface area contributed by atoms with Crippen LogP contribution in [-0.4, -0.2) is 52.5 Å². The van der Waals surface area contributed by atoms with Crippen LogP contribution in [-0.2, 0) is 4.74 Å². The lowest BCUT2D eigenvalue weighted by Crippen LogP contribution is -2.27. The van der Waals surface area contributed by atoms with Gasteiger partial charge in [0.2, 0.25) is 6.79 Å². The summed E-state index contributed by atoms with van der Waals surface area (Å²) in [6, 6.07) is 10.3. The van der Waals surface area contributed by atoms with E-state index in [2.05, 4.69) is 10.6 Å². The third-order valence-corrected chi connectivity index (χ3v) is 4.57. The van der Waals surface area contributed by atoms with E-state index in [4.69, 9.17) is 14.2 Å². The van der Waals surface area contributed by atoms with Crippen LogP contribution in [0.15, 0.2) is 36.4 Å². The van der Waals surface area contributed by atoms with Crippen molar-refractivity contribution in [2.45, 2.75) is 13.3 Å². The van der Waals surface area contributed by atoms with Crippen molar-refractivity contribution in [2.75, 3.05) is 50.9 Å². The normalized spacial score (nSPS) is 11.8. The van der Waals surface area contributed by atoms with Crippen molar-refractivity contribution >= 4 is 23.2 Å². The van der Waals surface area contributed by atoms with Gasteiger partial charge < -0.3 is 29.7 Å². The molecule has 0 aliphatic carbocycles. The molecule has 0 radical (unpaired) electrons. The Kier molecular flexibility index (Phi) is 7.13. The molecule has 0 spiro atoms. The molecule has 0 bridgehead atoms. The van der Waals surface area contributed by atoms with Crippen LogP contribution in [0.4, 0.5) is 11.4 Å². The zero-order valence-electron chi connectivity index (χ0n) is 17.5. The lowest BCUT2D eigenvalue weighted by molar-refractivity contribution is 0.0943. The zero-order chi connectivity index (χ0) is 21.5. The van der Waals surface area contributed by atoms with E-state index in [-0.39, 0.29) is 18.6 Å². The molecule has 2 amide bonds. The van der Waals surface area contributed by atoms with Gasteiger partial charge in [-0.25, -0.2) is 0 Å². The highest BCUT2D eigenvalue weighted by Gasteiger charge is 2.18. The van der Waals surface area contributed by atoms with Gasteiger partial charge in [0.25, 0.3) is 11.8 Å². The molecule has 30 heavy (non-hydrogen) atoms. The first-order chi connectivity index (χ1) is 14.5. The van der Waals surface area contributed by atoms with Gasteiger partial charge in [-0.15, -0.1) is 0 Å². The van der Waals surface area contributed by atoms with E-state index < -0.39 is 0 Å². The van der Waals surface area contributed by atoms with E-state index in [0.717, 1.165) is 12.1 Å². The van der Waals surface area contributed by atoms with Crippen LogP contribution in [0.25, 0.3) is 0 Å². The number of rotatable bonds is 9. The van der Waals surface area contributed by atoms with Crippen LogP contribution in [0.1, 0.15) is 34.1 Å². The molecular weight excluding hydrogens is 386 g/mol. The minimum absolute atomic E-state index is 0.148. The molecule has 0 aromatic heterocycles. The smallest absolute Gasteiger partial charge is 0.255 e. The predicted octanol–water partition coefficient (Wildman–Crippen LogP) is 2.89. The maximum Gasteiger partial charge on any atom is 0.255 e. The molecule has 0 saturated carbocycles. The summed E-state index contributed by atoms with van der Waals surface area (Å²) >= 11 is 0. The summed E-state index contributed by atoms with van der Waals surface area (Å²) in [5.74, 6) is 0.659. The first kappa shape index (κ1) is 21.4. The Hall–Kier alpha value is -3.26. The summed E-state index contributed by atoms with van der Waals surface area (Å²) in [4.78, 5) is 27.2.